The van der Waals surface area contributed by atoms with Crippen LogP contribution in [0.2, 0.25) is 5.02 Å². The normalized spacial score (nSPS) is 12.5. The van der Waals surface area contributed by atoms with Crippen LogP contribution in [0.25, 0.3) is 11.0 Å². The van der Waals surface area contributed by atoms with E-state index in [0.717, 1.165) is 10.9 Å². The topological polar surface area (TPSA) is 59.8 Å². The van der Waals surface area contributed by atoms with E-state index in [1.54, 1.807) is 22.9 Å². The van der Waals surface area contributed by atoms with Gasteiger partial charge < -0.3 is 5.32 Å². The molecule has 0 saturated heterocycles. The van der Waals surface area contributed by atoms with Gasteiger partial charge in [0, 0.05) is 29.2 Å². The van der Waals surface area contributed by atoms with Gasteiger partial charge in [-0.2, -0.15) is 4.98 Å². The van der Waals surface area contributed by atoms with E-state index in [0.29, 0.717) is 29.1 Å². The molecule has 0 aliphatic carbocycles. The van der Waals surface area contributed by atoms with Gasteiger partial charge in [0.1, 0.15) is 5.65 Å². The van der Waals surface area contributed by atoms with Crippen LogP contribution in [-0.4, -0.2) is 14.5 Å². The average Bonchev–Trinajstić information content (AvgIpc) is 2.58. The highest BCUT2D eigenvalue weighted by Gasteiger charge is 2.11. The van der Waals surface area contributed by atoms with E-state index in [9.17, 15) is 4.79 Å². The number of benzene rings is 1. The maximum Gasteiger partial charge on any atom is 0.252 e. The molecule has 3 aromatic rings. The third kappa shape index (κ3) is 3.99. The molecule has 25 heavy (non-hydrogen) atoms. The fraction of sp³-hybridized carbons (Fsp3) is 0.316. The fourth-order valence-corrected chi connectivity index (χ4v) is 2.84. The zero-order chi connectivity index (χ0) is 18.0. The van der Waals surface area contributed by atoms with E-state index in [1.807, 2.05) is 31.2 Å². The minimum atomic E-state index is -0.0448. The Hall–Kier alpha value is -2.40. The third-order valence-corrected chi connectivity index (χ3v) is 4.24. The van der Waals surface area contributed by atoms with E-state index in [-0.39, 0.29) is 11.6 Å². The molecule has 0 spiro atoms. The molecule has 5 nitrogen and oxygen atoms in total. The lowest BCUT2D eigenvalue weighted by molar-refractivity contribution is 0.521. The Morgan fingerprint density at radius 1 is 1.12 bits per heavy atom. The van der Waals surface area contributed by atoms with E-state index in [1.165, 1.54) is 0 Å². The minimum absolute atomic E-state index is 0.0173. The van der Waals surface area contributed by atoms with Crippen LogP contribution in [0, 0.1) is 5.92 Å². The number of pyridine rings is 1. The predicted molar refractivity (Wildman–Crippen MR) is 102 cm³/mol. The Morgan fingerprint density at radius 2 is 1.84 bits per heavy atom. The smallest absolute Gasteiger partial charge is 0.252 e. The second-order valence-corrected chi connectivity index (χ2v) is 7.00. The third-order valence-electron chi connectivity index (χ3n) is 3.99. The molecule has 0 amide bonds. The maximum atomic E-state index is 12.2. The van der Waals surface area contributed by atoms with Gasteiger partial charge in [-0.3, -0.25) is 9.36 Å². The zero-order valence-corrected chi connectivity index (χ0v) is 15.3. The predicted octanol–water partition coefficient (Wildman–Crippen LogP) is 4.27. The first kappa shape index (κ1) is 17.4. The Labute approximate surface area is 151 Å². The van der Waals surface area contributed by atoms with Crippen LogP contribution in [0.1, 0.15) is 32.4 Å². The first-order valence-corrected chi connectivity index (χ1v) is 8.70. The second kappa shape index (κ2) is 7.23. The summed E-state index contributed by atoms with van der Waals surface area (Å²) in [6.45, 7) is 6.81. The molecule has 2 aromatic heterocycles. The van der Waals surface area contributed by atoms with Gasteiger partial charge >= 0.3 is 0 Å². The number of nitrogens with zero attached hydrogens (tertiary/aromatic N) is 3. The monoisotopic (exact) mass is 356 g/mol. The molecule has 6 heteroatoms. The number of fused-ring (bicyclic) bond motifs is 1. The van der Waals surface area contributed by atoms with Gasteiger partial charge in [0.25, 0.3) is 5.56 Å². The molecule has 0 aliphatic rings. The summed E-state index contributed by atoms with van der Waals surface area (Å²) < 4.78 is 1.71. The lowest BCUT2D eigenvalue weighted by Gasteiger charge is -2.16. The van der Waals surface area contributed by atoms with Gasteiger partial charge in [0.15, 0.2) is 0 Å². The summed E-state index contributed by atoms with van der Waals surface area (Å²) in [6, 6.07) is 11.0. The average molecular weight is 357 g/mol. The van der Waals surface area contributed by atoms with Gasteiger partial charge in [0.2, 0.25) is 5.95 Å². The van der Waals surface area contributed by atoms with Crippen LogP contribution in [0.4, 0.5) is 5.95 Å². The van der Waals surface area contributed by atoms with Gasteiger partial charge in [-0.05, 0) is 36.6 Å². The van der Waals surface area contributed by atoms with Gasteiger partial charge in [0.05, 0.1) is 6.04 Å². The Balaban J connectivity index is 1.94. The minimum Gasteiger partial charge on any atom is -0.348 e. The molecule has 0 radical (unpaired) electrons. The van der Waals surface area contributed by atoms with Gasteiger partial charge in [-0.15, -0.1) is 0 Å². The number of aromatic nitrogens is 3. The van der Waals surface area contributed by atoms with Crippen molar-refractivity contribution in [2.45, 2.75) is 33.4 Å². The first-order chi connectivity index (χ1) is 11.9. The number of rotatable bonds is 5. The molecule has 0 aliphatic heterocycles. The fourth-order valence-electron chi connectivity index (χ4n) is 2.71. The lowest BCUT2D eigenvalue weighted by atomic mass is 10.1. The summed E-state index contributed by atoms with van der Waals surface area (Å²) in [7, 11) is 0. The largest absolute Gasteiger partial charge is 0.348 e. The second-order valence-electron chi connectivity index (χ2n) is 6.57. The Morgan fingerprint density at radius 3 is 2.52 bits per heavy atom. The first-order valence-electron chi connectivity index (χ1n) is 8.32. The Bertz CT molecular complexity index is 934. The van der Waals surface area contributed by atoms with E-state index < -0.39 is 0 Å². The molecule has 3 rings (SSSR count). The molecule has 1 unspecified atom stereocenters. The van der Waals surface area contributed by atoms with Crippen LogP contribution in [-0.2, 0) is 6.54 Å². The molecular formula is C19H21ClN4O. The number of halogens is 1. The van der Waals surface area contributed by atoms with Crippen molar-refractivity contribution in [3.8, 4) is 0 Å². The highest BCUT2D eigenvalue weighted by Crippen LogP contribution is 2.20. The van der Waals surface area contributed by atoms with E-state index in [2.05, 4.69) is 29.1 Å². The van der Waals surface area contributed by atoms with Crippen LogP contribution in [0.15, 0.2) is 47.4 Å². The molecule has 0 fully saturated rings. The van der Waals surface area contributed by atoms with Crippen molar-refractivity contribution in [3.63, 3.8) is 0 Å². The number of anilines is 1. The number of hydrogen-bond acceptors (Lipinski definition) is 4. The molecule has 2 heterocycles. The molecule has 0 saturated carbocycles. The summed E-state index contributed by atoms with van der Waals surface area (Å²) in [5, 5.41) is 4.85. The summed E-state index contributed by atoms with van der Waals surface area (Å²) in [5.41, 5.74) is 1.69. The van der Waals surface area contributed by atoms with E-state index in [4.69, 9.17) is 11.6 Å². The SMILES string of the molecule is CC(C)Cn1c(=O)ccc2cnc(NC(C)c3ccc(Cl)cc3)nc21. The lowest BCUT2D eigenvalue weighted by Crippen LogP contribution is -2.23. The molecule has 1 N–H and O–H groups in total. The highest BCUT2D eigenvalue weighted by molar-refractivity contribution is 6.30. The van der Waals surface area contributed by atoms with Crippen molar-refractivity contribution in [2.75, 3.05) is 5.32 Å². The standard InChI is InChI=1S/C19H21ClN4O/c1-12(2)11-24-17(25)9-6-15-10-21-19(23-18(15)24)22-13(3)14-4-7-16(20)8-5-14/h4-10,12-13H,11H2,1-3H3,(H,21,22,23). The molecular weight excluding hydrogens is 336 g/mol. The Kier molecular flexibility index (Phi) is 5.04. The van der Waals surface area contributed by atoms with Crippen molar-refractivity contribution < 1.29 is 0 Å². The van der Waals surface area contributed by atoms with Crippen LogP contribution < -0.4 is 10.9 Å². The van der Waals surface area contributed by atoms with Crippen molar-refractivity contribution in [1.82, 2.24) is 14.5 Å². The van der Waals surface area contributed by atoms with Gasteiger partial charge in [-0.1, -0.05) is 37.6 Å². The van der Waals surface area contributed by atoms with Gasteiger partial charge in [-0.25, -0.2) is 4.98 Å². The number of nitrogens with one attached hydrogen (secondary N) is 1. The maximum absolute atomic E-state index is 12.2. The van der Waals surface area contributed by atoms with Crippen LogP contribution in [0.3, 0.4) is 0 Å². The summed E-state index contributed by atoms with van der Waals surface area (Å²) in [4.78, 5) is 21.2. The molecule has 1 atom stereocenters. The van der Waals surface area contributed by atoms with Crippen LogP contribution >= 0.6 is 11.6 Å². The molecule has 1 aromatic carbocycles. The van der Waals surface area contributed by atoms with Crippen LogP contribution in [0.5, 0.6) is 0 Å². The molecule has 0 bridgehead atoms. The van der Waals surface area contributed by atoms with Crippen molar-refractivity contribution in [3.05, 3.63) is 63.5 Å². The summed E-state index contributed by atoms with van der Waals surface area (Å²) in [6.07, 6.45) is 1.75. The quantitative estimate of drug-likeness (QED) is 0.741. The summed E-state index contributed by atoms with van der Waals surface area (Å²) >= 11 is 5.94. The summed E-state index contributed by atoms with van der Waals surface area (Å²) in [5.74, 6) is 0.848. The zero-order valence-electron chi connectivity index (χ0n) is 14.5. The van der Waals surface area contributed by atoms with Crippen molar-refractivity contribution in [2.24, 2.45) is 5.92 Å². The number of hydrogen-bond donors (Lipinski definition) is 1. The molecule has 130 valence electrons. The van der Waals surface area contributed by atoms with Crippen molar-refractivity contribution >= 4 is 28.6 Å². The van der Waals surface area contributed by atoms with Crippen molar-refractivity contribution in [1.29, 1.82) is 0 Å². The van der Waals surface area contributed by atoms with E-state index >= 15 is 0 Å². The highest BCUT2D eigenvalue weighted by atomic mass is 35.5.